The maximum atomic E-state index is 11.9. The molecule has 1 aliphatic rings. The Morgan fingerprint density at radius 3 is 2.53 bits per heavy atom. The van der Waals surface area contributed by atoms with Gasteiger partial charge in [0, 0.05) is 6.42 Å². The normalized spacial score (nSPS) is 18.9. The Bertz CT molecular complexity index is 470. The van der Waals surface area contributed by atoms with E-state index in [1.807, 2.05) is 0 Å². The number of aromatic nitrogens is 2. The van der Waals surface area contributed by atoms with Gasteiger partial charge in [0.25, 0.3) is 0 Å². The Morgan fingerprint density at radius 2 is 2.06 bits per heavy atom. The molecule has 1 saturated heterocycles. The average molecular weight is 254 g/mol. The SMILES string of the molecule is CC1(C)CC(=O)N(Cc2ccc(Cl)nn2)C1=O. The van der Waals surface area contributed by atoms with Gasteiger partial charge in [0.05, 0.1) is 17.7 Å². The minimum Gasteiger partial charge on any atom is -0.276 e. The average Bonchev–Trinajstić information content (AvgIpc) is 2.44. The zero-order valence-corrected chi connectivity index (χ0v) is 10.4. The van der Waals surface area contributed by atoms with Gasteiger partial charge in [0.1, 0.15) is 0 Å². The van der Waals surface area contributed by atoms with Crippen LogP contribution in [-0.2, 0) is 16.1 Å². The van der Waals surface area contributed by atoms with Crippen LogP contribution in [0.1, 0.15) is 26.0 Å². The van der Waals surface area contributed by atoms with Crippen LogP contribution >= 0.6 is 11.6 Å². The summed E-state index contributed by atoms with van der Waals surface area (Å²) in [6.07, 6.45) is 0.243. The summed E-state index contributed by atoms with van der Waals surface area (Å²) in [6, 6.07) is 3.24. The van der Waals surface area contributed by atoms with E-state index in [0.717, 1.165) is 0 Å². The van der Waals surface area contributed by atoms with E-state index in [9.17, 15) is 9.59 Å². The Labute approximate surface area is 104 Å². The van der Waals surface area contributed by atoms with Crippen LogP contribution in [0.5, 0.6) is 0 Å². The number of nitrogens with zero attached hydrogens (tertiary/aromatic N) is 3. The largest absolute Gasteiger partial charge is 0.276 e. The van der Waals surface area contributed by atoms with Gasteiger partial charge in [-0.3, -0.25) is 14.5 Å². The molecule has 5 nitrogen and oxygen atoms in total. The molecule has 0 aromatic carbocycles. The van der Waals surface area contributed by atoms with Crippen LogP contribution in [0.3, 0.4) is 0 Å². The fraction of sp³-hybridized carbons (Fsp3) is 0.455. The highest BCUT2D eigenvalue weighted by molar-refractivity contribution is 6.29. The predicted molar refractivity (Wildman–Crippen MR) is 61.0 cm³/mol. The molecule has 1 aromatic rings. The molecule has 2 amide bonds. The van der Waals surface area contributed by atoms with E-state index in [1.54, 1.807) is 26.0 Å². The summed E-state index contributed by atoms with van der Waals surface area (Å²) < 4.78 is 0. The third kappa shape index (κ3) is 2.29. The van der Waals surface area contributed by atoms with Gasteiger partial charge >= 0.3 is 0 Å². The summed E-state index contributed by atoms with van der Waals surface area (Å²) in [5.74, 6) is -0.337. The molecule has 0 aliphatic carbocycles. The van der Waals surface area contributed by atoms with Crippen molar-refractivity contribution < 1.29 is 9.59 Å². The summed E-state index contributed by atoms with van der Waals surface area (Å²) in [4.78, 5) is 24.9. The minimum atomic E-state index is -0.614. The molecule has 6 heteroatoms. The summed E-state index contributed by atoms with van der Waals surface area (Å²) in [7, 11) is 0. The molecule has 0 spiro atoms. The number of hydrogen-bond acceptors (Lipinski definition) is 4. The molecule has 0 saturated carbocycles. The van der Waals surface area contributed by atoms with Crippen molar-refractivity contribution >= 4 is 23.4 Å². The highest BCUT2D eigenvalue weighted by atomic mass is 35.5. The monoisotopic (exact) mass is 253 g/mol. The number of rotatable bonds is 2. The van der Waals surface area contributed by atoms with E-state index in [0.29, 0.717) is 5.69 Å². The van der Waals surface area contributed by atoms with Crippen LogP contribution in [0.15, 0.2) is 12.1 Å². The Hall–Kier alpha value is -1.49. The van der Waals surface area contributed by atoms with Gasteiger partial charge in [0.2, 0.25) is 11.8 Å². The topological polar surface area (TPSA) is 63.2 Å². The van der Waals surface area contributed by atoms with Crippen molar-refractivity contribution in [3.05, 3.63) is 23.0 Å². The Kier molecular flexibility index (Phi) is 2.87. The van der Waals surface area contributed by atoms with Gasteiger partial charge in [-0.05, 0) is 12.1 Å². The number of amides is 2. The smallest absolute Gasteiger partial charge is 0.235 e. The Balaban J connectivity index is 2.17. The van der Waals surface area contributed by atoms with Gasteiger partial charge in [-0.1, -0.05) is 25.4 Å². The predicted octanol–water partition coefficient (Wildman–Crippen LogP) is 1.42. The first-order valence-corrected chi connectivity index (χ1v) is 5.61. The molecule has 1 aromatic heterocycles. The van der Waals surface area contributed by atoms with Crippen molar-refractivity contribution in [2.24, 2.45) is 5.41 Å². The molecule has 0 radical (unpaired) electrons. The zero-order valence-electron chi connectivity index (χ0n) is 9.61. The van der Waals surface area contributed by atoms with E-state index in [1.165, 1.54) is 4.90 Å². The molecular formula is C11H12ClN3O2. The van der Waals surface area contributed by atoms with E-state index in [-0.39, 0.29) is 29.9 Å². The van der Waals surface area contributed by atoms with E-state index >= 15 is 0 Å². The molecule has 0 atom stereocenters. The number of carbonyl (C=O) groups excluding carboxylic acids is 2. The van der Waals surface area contributed by atoms with Crippen LogP contribution in [0, 0.1) is 5.41 Å². The van der Waals surface area contributed by atoms with Crippen LogP contribution in [0.4, 0.5) is 0 Å². The second-order valence-electron chi connectivity index (χ2n) is 4.69. The lowest BCUT2D eigenvalue weighted by atomic mass is 9.92. The number of likely N-dealkylation sites (tertiary alicyclic amines) is 1. The van der Waals surface area contributed by atoms with Crippen LogP contribution in [0.25, 0.3) is 0 Å². The number of imide groups is 1. The highest BCUT2D eigenvalue weighted by Crippen LogP contribution is 2.32. The summed E-state index contributed by atoms with van der Waals surface area (Å²) in [6.45, 7) is 3.69. The lowest BCUT2D eigenvalue weighted by Gasteiger charge is -2.16. The molecule has 90 valence electrons. The first-order chi connectivity index (χ1) is 7.90. The highest BCUT2D eigenvalue weighted by Gasteiger charge is 2.44. The number of carbonyl (C=O) groups is 2. The maximum absolute atomic E-state index is 11.9. The summed E-state index contributed by atoms with van der Waals surface area (Å²) in [5.41, 5.74) is -0.0643. The quantitative estimate of drug-likeness (QED) is 0.748. The van der Waals surface area contributed by atoms with Crippen LogP contribution in [-0.4, -0.2) is 26.9 Å². The molecule has 2 heterocycles. The van der Waals surface area contributed by atoms with E-state index in [2.05, 4.69) is 10.2 Å². The molecule has 0 bridgehead atoms. The van der Waals surface area contributed by atoms with Crippen molar-refractivity contribution in [1.82, 2.24) is 15.1 Å². The van der Waals surface area contributed by atoms with Gasteiger partial charge in [0.15, 0.2) is 5.15 Å². The first-order valence-electron chi connectivity index (χ1n) is 5.23. The fourth-order valence-electron chi connectivity index (χ4n) is 1.78. The Morgan fingerprint density at radius 1 is 1.35 bits per heavy atom. The van der Waals surface area contributed by atoms with Crippen molar-refractivity contribution in [2.75, 3.05) is 0 Å². The zero-order chi connectivity index (χ0) is 12.6. The summed E-state index contributed by atoms with van der Waals surface area (Å²) >= 11 is 5.61. The lowest BCUT2D eigenvalue weighted by Crippen LogP contribution is -2.32. The molecular weight excluding hydrogens is 242 g/mol. The molecule has 0 N–H and O–H groups in total. The van der Waals surface area contributed by atoms with Gasteiger partial charge < -0.3 is 0 Å². The first kappa shape index (κ1) is 12.0. The second kappa shape index (κ2) is 4.07. The molecule has 17 heavy (non-hydrogen) atoms. The van der Waals surface area contributed by atoms with Gasteiger partial charge in [-0.25, -0.2) is 0 Å². The summed E-state index contributed by atoms with van der Waals surface area (Å²) in [5, 5.41) is 7.79. The molecule has 1 fully saturated rings. The van der Waals surface area contributed by atoms with Crippen LogP contribution in [0.2, 0.25) is 5.15 Å². The van der Waals surface area contributed by atoms with Crippen molar-refractivity contribution in [2.45, 2.75) is 26.8 Å². The van der Waals surface area contributed by atoms with Crippen molar-refractivity contribution in [3.8, 4) is 0 Å². The molecule has 2 rings (SSSR count). The fourth-order valence-corrected chi connectivity index (χ4v) is 1.88. The van der Waals surface area contributed by atoms with Crippen molar-refractivity contribution in [1.29, 1.82) is 0 Å². The van der Waals surface area contributed by atoms with Gasteiger partial charge in [-0.15, -0.1) is 5.10 Å². The van der Waals surface area contributed by atoms with E-state index < -0.39 is 5.41 Å². The third-order valence-electron chi connectivity index (χ3n) is 2.73. The van der Waals surface area contributed by atoms with Gasteiger partial charge in [-0.2, -0.15) is 5.10 Å². The standard InChI is InChI=1S/C11H12ClN3O2/c1-11(2)5-9(16)15(10(11)17)6-7-3-4-8(12)14-13-7/h3-4H,5-6H2,1-2H3. The molecule has 1 aliphatic heterocycles. The van der Waals surface area contributed by atoms with Crippen LogP contribution < -0.4 is 0 Å². The number of halogens is 1. The third-order valence-corrected chi connectivity index (χ3v) is 2.93. The van der Waals surface area contributed by atoms with Crippen molar-refractivity contribution in [3.63, 3.8) is 0 Å². The molecule has 0 unspecified atom stereocenters. The number of hydrogen-bond donors (Lipinski definition) is 0. The van der Waals surface area contributed by atoms with E-state index in [4.69, 9.17) is 11.6 Å². The maximum Gasteiger partial charge on any atom is 0.235 e. The second-order valence-corrected chi connectivity index (χ2v) is 5.08. The lowest BCUT2D eigenvalue weighted by molar-refractivity contribution is -0.141. The minimum absolute atomic E-state index is 0.158.